The minimum atomic E-state index is -5.84. The van der Waals surface area contributed by atoms with Gasteiger partial charge in [-0.15, -0.1) is 0 Å². The molecule has 0 spiro atoms. The van der Waals surface area contributed by atoms with Crippen LogP contribution in [0.2, 0.25) is 0 Å². The van der Waals surface area contributed by atoms with Gasteiger partial charge in [0.15, 0.2) is 0 Å². The van der Waals surface area contributed by atoms with Gasteiger partial charge in [0.2, 0.25) is 0 Å². The Morgan fingerprint density at radius 3 is 1.94 bits per heavy atom. The first kappa shape index (κ1) is 16.7. The maximum atomic E-state index is 10.9. The van der Waals surface area contributed by atoms with Crippen molar-refractivity contribution in [3.05, 3.63) is 0 Å². The fourth-order valence-corrected chi connectivity index (χ4v) is 2.20. The van der Waals surface area contributed by atoms with Crippen LogP contribution in [0, 0.1) is 0 Å². The van der Waals surface area contributed by atoms with E-state index < -0.39 is 15.6 Å². The van der Waals surface area contributed by atoms with Crippen molar-refractivity contribution in [3.8, 4) is 0 Å². The fraction of sp³-hybridized carbons (Fsp3) is 0.875. The maximum absolute atomic E-state index is 10.9. The van der Waals surface area contributed by atoms with Crippen LogP contribution in [0.1, 0.15) is 26.7 Å². The molecular formula is C8H13F3O4S2. The van der Waals surface area contributed by atoms with Gasteiger partial charge in [-0.2, -0.15) is 33.4 Å². The molecule has 1 rings (SSSR count). The SMILES string of the molecule is CC1(C)CC(=O)CCS1.O=S(=O)(O)C(F)(F)F. The largest absolute Gasteiger partial charge is 0.522 e. The highest BCUT2D eigenvalue weighted by atomic mass is 32.2. The number of carbonyl (C=O) groups is 1. The number of hydrogen-bond donors (Lipinski definition) is 1. The summed E-state index contributed by atoms with van der Waals surface area (Å²) in [5, 5.41) is 0. The molecular weight excluding hydrogens is 281 g/mol. The van der Waals surface area contributed by atoms with Crippen molar-refractivity contribution in [1.82, 2.24) is 0 Å². The fourth-order valence-electron chi connectivity index (χ4n) is 1.06. The highest BCUT2D eigenvalue weighted by Gasteiger charge is 2.44. The van der Waals surface area contributed by atoms with Gasteiger partial charge < -0.3 is 0 Å². The van der Waals surface area contributed by atoms with Gasteiger partial charge in [0.05, 0.1) is 0 Å². The van der Waals surface area contributed by atoms with Crippen LogP contribution in [0.3, 0.4) is 0 Å². The summed E-state index contributed by atoms with van der Waals surface area (Å²) >= 11 is 1.90. The number of ketones is 1. The average Bonchev–Trinajstić information content (AvgIpc) is 1.97. The first-order valence-corrected chi connectivity index (χ1v) is 6.97. The molecule has 4 nitrogen and oxygen atoms in total. The van der Waals surface area contributed by atoms with E-state index in [0.29, 0.717) is 5.78 Å². The van der Waals surface area contributed by atoms with Crippen LogP contribution < -0.4 is 0 Å². The van der Waals surface area contributed by atoms with Crippen molar-refractivity contribution in [2.24, 2.45) is 0 Å². The Hall–Kier alpha value is -0.280. The molecule has 17 heavy (non-hydrogen) atoms. The molecule has 1 saturated heterocycles. The molecule has 102 valence electrons. The van der Waals surface area contributed by atoms with Gasteiger partial charge in [-0.1, -0.05) is 13.8 Å². The Labute approximate surface area is 102 Å². The zero-order valence-corrected chi connectivity index (χ0v) is 10.9. The van der Waals surface area contributed by atoms with E-state index >= 15 is 0 Å². The topological polar surface area (TPSA) is 71.4 Å². The molecule has 1 fully saturated rings. The molecule has 0 aliphatic carbocycles. The van der Waals surface area contributed by atoms with Crippen LogP contribution in [0.5, 0.6) is 0 Å². The van der Waals surface area contributed by atoms with Crippen molar-refractivity contribution in [1.29, 1.82) is 0 Å². The molecule has 1 heterocycles. The maximum Gasteiger partial charge on any atom is 0.522 e. The summed E-state index contributed by atoms with van der Waals surface area (Å²) in [6.45, 7) is 4.27. The molecule has 9 heteroatoms. The second kappa shape index (κ2) is 5.57. The van der Waals surface area contributed by atoms with Crippen molar-refractivity contribution in [2.45, 2.75) is 36.9 Å². The third kappa shape index (κ3) is 6.89. The van der Waals surface area contributed by atoms with Crippen molar-refractivity contribution >= 4 is 27.7 Å². The molecule has 0 saturated carbocycles. The number of halogens is 3. The Morgan fingerprint density at radius 2 is 1.76 bits per heavy atom. The summed E-state index contributed by atoms with van der Waals surface area (Å²) in [6.07, 6.45) is 1.55. The third-order valence-corrected chi connectivity index (χ3v) is 3.71. The van der Waals surface area contributed by atoms with E-state index in [2.05, 4.69) is 13.8 Å². The van der Waals surface area contributed by atoms with Crippen molar-refractivity contribution < 1.29 is 30.9 Å². The number of thioether (sulfide) groups is 1. The first-order chi connectivity index (χ1) is 7.35. The van der Waals surface area contributed by atoms with E-state index in [9.17, 15) is 18.0 Å². The summed E-state index contributed by atoms with van der Waals surface area (Å²) in [5.74, 6) is 1.45. The Bertz CT molecular complexity index is 373. The summed E-state index contributed by atoms with van der Waals surface area (Å²) in [4.78, 5) is 10.9. The van der Waals surface area contributed by atoms with Crippen LogP contribution in [0.4, 0.5) is 13.2 Å². The van der Waals surface area contributed by atoms with Crippen LogP contribution in [-0.4, -0.2) is 34.8 Å². The minimum absolute atomic E-state index is 0.218. The van der Waals surface area contributed by atoms with Gasteiger partial charge in [0.1, 0.15) is 5.78 Å². The predicted octanol–water partition coefficient (Wildman–Crippen LogP) is 2.26. The minimum Gasteiger partial charge on any atom is -0.300 e. The smallest absolute Gasteiger partial charge is 0.300 e. The van der Waals surface area contributed by atoms with Crippen LogP contribution >= 0.6 is 11.8 Å². The first-order valence-electron chi connectivity index (χ1n) is 4.54. The lowest BCUT2D eigenvalue weighted by Crippen LogP contribution is -2.25. The zero-order valence-electron chi connectivity index (χ0n) is 9.24. The van der Waals surface area contributed by atoms with Crippen LogP contribution in [0.25, 0.3) is 0 Å². The normalized spacial score (nSPS) is 20.5. The molecule has 0 atom stereocenters. The lowest BCUT2D eigenvalue weighted by atomic mass is 10.0. The molecule has 0 unspecified atom stereocenters. The van der Waals surface area contributed by atoms with Crippen LogP contribution in [0.15, 0.2) is 0 Å². The van der Waals surface area contributed by atoms with E-state index in [4.69, 9.17) is 13.0 Å². The number of alkyl halides is 3. The van der Waals surface area contributed by atoms with Crippen molar-refractivity contribution in [3.63, 3.8) is 0 Å². The highest BCUT2D eigenvalue weighted by Crippen LogP contribution is 2.33. The molecule has 1 aliphatic rings. The number of carbonyl (C=O) groups excluding carboxylic acids is 1. The van der Waals surface area contributed by atoms with Gasteiger partial charge in [-0.25, -0.2) is 0 Å². The van der Waals surface area contributed by atoms with Gasteiger partial charge in [0, 0.05) is 23.3 Å². The van der Waals surface area contributed by atoms with E-state index in [1.807, 2.05) is 11.8 Å². The molecule has 0 amide bonds. The van der Waals surface area contributed by atoms with E-state index in [0.717, 1.165) is 18.6 Å². The van der Waals surface area contributed by atoms with Gasteiger partial charge in [-0.3, -0.25) is 9.35 Å². The zero-order chi connectivity index (χ0) is 13.9. The predicted molar refractivity (Wildman–Crippen MR) is 58.4 cm³/mol. The molecule has 0 aromatic rings. The monoisotopic (exact) mass is 294 g/mol. The summed E-state index contributed by atoms with van der Waals surface area (Å²) in [7, 11) is -5.84. The van der Waals surface area contributed by atoms with Gasteiger partial charge in [-0.05, 0) is 0 Å². The lowest BCUT2D eigenvalue weighted by molar-refractivity contribution is -0.119. The molecule has 0 radical (unpaired) electrons. The average molecular weight is 294 g/mol. The number of rotatable bonds is 0. The van der Waals surface area contributed by atoms with E-state index in [1.54, 1.807) is 0 Å². The third-order valence-electron chi connectivity index (χ3n) is 1.79. The quantitative estimate of drug-likeness (QED) is 0.548. The number of hydrogen-bond acceptors (Lipinski definition) is 4. The molecule has 0 aromatic carbocycles. The molecule has 0 bridgehead atoms. The Kier molecular flexibility index (Phi) is 5.48. The van der Waals surface area contributed by atoms with Crippen molar-refractivity contribution in [2.75, 3.05) is 5.75 Å². The molecule has 1 aliphatic heterocycles. The van der Waals surface area contributed by atoms with Crippen LogP contribution in [-0.2, 0) is 14.9 Å². The lowest BCUT2D eigenvalue weighted by Gasteiger charge is -2.27. The molecule has 1 N–H and O–H groups in total. The second-order valence-electron chi connectivity index (χ2n) is 3.99. The van der Waals surface area contributed by atoms with E-state index in [1.165, 1.54) is 0 Å². The summed E-state index contributed by atoms with van der Waals surface area (Å²) in [6, 6.07) is 0. The highest BCUT2D eigenvalue weighted by molar-refractivity contribution is 8.00. The number of Topliss-reactive ketones (excluding diaryl/α,β-unsaturated/α-hetero) is 1. The summed E-state index contributed by atoms with van der Waals surface area (Å²) in [5.41, 5.74) is -5.53. The summed E-state index contributed by atoms with van der Waals surface area (Å²) < 4.78 is 57.8. The standard InChI is InChI=1S/C7H12OS.CHF3O3S/c1-7(2)5-6(8)3-4-9-7;2-1(3,4)8(5,6)7/h3-5H2,1-2H3;(H,5,6,7). The second-order valence-corrected chi connectivity index (χ2v) is 7.21. The van der Waals surface area contributed by atoms with Gasteiger partial charge >= 0.3 is 15.6 Å². The van der Waals surface area contributed by atoms with E-state index in [-0.39, 0.29) is 4.75 Å². The Morgan fingerprint density at radius 1 is 1.35 bits per heavy atom. The Balaban J connectivity index is 0.000000304. The molecule has 0 aromatic heterocycles. The van der Waals surface area contributed by atoms with Gasteiger partial charge in [0.25, 0.3) is 0 Å².